The molecule has 20 heavy (non-hydrogen) atoms. The van der Waals surface area contributed by atoms with Crippen molar-refractivity contribution in [1.29, 1.82) is 0 Å². The molecule has 0 aliphatic carbocycles. The van der Waals surface area contributed by atoms with E-state index in [1.165, 1.54) is 0 Å². The van der Waals surface area contributed by atoms with Crippen molar-refractivity contribution in [1.82, 2.24) is 5.32 Å². The first-order valence-electron chi connectivity index (χ1n) is 6.29. The number of carbonyl (C=O) groups is 1. The van der Waals surface area contributed by atoms with Crippen LogP contribution in [0.2, 0.25) is 0 Å². The number of hydrogen-bond donors (Lipinski definition) is 2. The topological polar surface area (TPSA) is 67.8 Å². The van der Waals surface area contributed by atoms with Gasteiger partial charge in [0.15, 0.2) is 11.5 Å². The van der Waals surface area contributed by atoms with Crippen LogP contribution in [0, 0.1) is 0 Å². The predicted molar refractivity (Wildman–Crippen MR) is 80.8 cm³/mol. The number of hydrogen-bond acceptors (Lipinski definition) is 5. The number of benzene rings is 1. The van der Waals surface area contributed by atoms with Gasteiger partial charge in [0.05, 0.1) is 14.2 Å². The van der Waals surface area contributed by atoms with Gasteiger partial charge in [-0.1, -0.05) is 12.1 Å². The van der Waals surface area contributed by atoms with Crippen LogP contribution in [-0.2, 0) is 11.3 Å². The summed E-state index contributed by atoms with van der Waals surface area (Å²) >= 11 is 1.63. The molecule has 5 nitrogen and oxygen atoms in total. The molecule has 0 heterocycles. The molecule has 0 aromatic heterocycles. The lowest BCUT2D eigenvalue weighted by molar-refractivity contribution is -0.139. The number of methoxy groups -OCH3 is 2. The van der Waals surface area contributed by atoms with Crippen LogP contribution >= 0.6 is 11.8 Å². The van der Waals surface area contributed by atoms with E-state index in [9.17, 15) is 9.90 Å². The summed E-state index contributed by atoms with van der Waals surface area (Å²) in [6.45, 7) is 0.422. The Morgan fingerprint density at radius 1 is 1.40 bits per heavy atom. The monoisotopic (exact) mass is 299 g/mol. The summed E-state index contributed by atoms with van der Waals surface area (Å²) in [6.07, 6.45) is 2.55. The first-order valence-corrected chi connectivity index (χ1v) is 7.68. The molecular weight excluding hydrogens is 278 g/mol. The Kier molecular flexibility index (Phi) is 7.25. The highest BCUT2D eigenvalue weighted by Gasteiger charge is 2.17. The molecule has 2 N–H and O–H groups in total. The third-order valence-corrected chi connectivity index (χ3v) is 3.58. The molecule has 0 radical (unpaired) electrons. The van der Waals surface area contributed by atoms with E-state index in [0.717, 1.165) is 11.3 Å². The van der Waals surface area contributed by atoms with Crippen LogP contribution in [0.5, 0.6) is 11.5 Å². The number of aliphatic carboxylic acids is 1. The lowest BCUT2D eigenvalue weighted by Gasteiger charge is -2.16. The quantitative estimate of drug-likeness (QED) is 0.727. The van der Waals surface area contributed by atoms with Gasteiger partial charge in [0.2, 0.25) is 0 Å². The van der Waals surface area contributed by atoms with Crippen molar-refractivity contribution in [3.63, 3.8) is 0 Å². The molecule has 0 fully saturated rings. The van der Waals surface area contributed by atoms with Crippen molar-refractivity contribution in [2.24, 2.45) is 0 Å². The van der Waals surface area contributed by atoms with Crippen LogP contribution < -0.4 is 14.8 Å². The molecule has 1 aromatic carbocycles. The minimum atomic E-state index is -0.832. The lowest BCUT2D eigenvalue weighted by Crippen LogP contribution is -2.36. The molecule has 1 unspecified atom stereocenters. The van der Waals surface area contributed by atoms with Gasteiger partial charge < -0.3 is 19.9 Å². The fourth-order valence-electron chi connectivity index (χ4n) is 1.87. The summed E-state index contributed by atoms with van der Waals surface area (Å²) in [6, 6.07) is 5.00. The first kappa shape index (κ1) is 16.7. The molecule has 6 heteroatoms. The Morgan fingerprint density at radius 3 is 2.70 bits per heavy atom. The van der Waals surface area contributed by atoms with E-state index in [4.69, 9.17) is 9.47 Å². The third kappa shape index (κ3) is 4.61. The number of thioether (sulfide) groups is 1. The molecule has 0 saturated carbocycles. The number of rotatable bonds is 9. The Morgan fingerprint density at radius 2 is 2.15 bits per heavy atom. The Hall–Kier alpha value is -1.40. The summed E-state index contributed by atoms with van der Waals surface area (Å²) in [7, 11) is 3.15. The number of carboxylic acids is 1. The molecule has 0 bridgehead atoms. The zero-order chi connectivity index (χ0) is 15.0. The minimum absolute atomic E-state index is 0.422. The van der Waals surface area contributed by atoms with E-state index in [1.54, 1.807) is 26.0 Å². The molecule has 0 aliphatic heterocycles. The van der Waals surface area contributed by atoms with Gasteiger partial charge in [-0.05, 0) is 24.5 Å². The zero-order valence-electron chi connectivity index (χ0n) is 12.0. The van der Waals surface area contributed by atoms with Crippen LogP contribution in [0.15, 0.2) is 18.2 Å². The minimum Gasteiger partial charge on any atom is -0.493 e. The average molecular weight is 299 g/mol. The van der Waals surface area contributed by atoms with Crippen LogP contribution in [0.3, 0.4) is 0 Å². The number of nitrogens with one attached hydrogen (secondary N) is 1. The fraction of sp³-hybridized carbons (Fsp3) is 0.500. The van der Waals surface area contributed by atoms with Crippen molar-refractivity contribution in [3.8, 4) is 11.5 Å². The van der Waals surface area contributed by atoms with Gasteiger partial charge in [-0.25, -0.2) is 0 Å². The summed E-state index contributed by atoms with van der Waals surface area (Å²) in [5, 5.41) is 12.2. The number of carboxylic acid groups (broad SMARTS) is 1. The van der Waals surface area contributed by atoms with E-state index in [1.807, 2.05) is 24.5 Å². The van der Waals surface area contributed by atoms with Crippen molar-refractivity contribution in [2.45, 2.75) is 19.0 Å². The van der Waals surface area contributed by atoms with Crippen molar-refractivity contribution in [2.75, 3.05) is 26.2 Å². The third-order valence-electron chi connectivity index (χ3n) is 2.93. The molecule has 0 aliphatic rings. The lowest BCUT2D eigenvalue weighted by atomic mass is 10.1. The summed E-state index contributed by atoms with van der Waals surface area (Å²) in [4.78, 5) is 11.2. The van der Waals surface area contributed by atoms with Gasteiger partial charge in [-0.3, -0.25) is 4.79 Å². The maximum absolute atomic E-state index is 11.2. The van der Waals surface area contributed by atoms with E-state index in [0.29, 0.717) is 24.5 Å². The normalized spacial score (nSPS) is 11.9. The smallest absolute Gasteiger partial charge is 0.320 e. The molecule has 0 amide bonds. The van der Waals surface area contributed by atoms with Gasteiger partial charge in [0.1, 0.15) is 6.04 Å². The van der Waals surface area contributed by atoms with Gasteiger partial charge in [-0.2, -0.15) is 11.8 Å². The Bertz CT molecular complexity index is 439. The highest BCUT2D eigenvalue weighted by atomic mass is 32.2. The van der Waals surface area contributed by atoms with E-state index < -0.39 is 12.0 Å². The Labute approximate surface area is 123 Å². The number of para-hydroxylation sites is 1. The molecule has 0 spiro atoms. The maximum atomic E-state index is 11.2. The number of ether oxygens (including phenoxy) is 2. The van der Waals surface area contributed by atoms with Crippen molar-refractivity contribution in [3.05, 3.63) is 23.8 Å². The van der Waals surface area contributed by atoms with Gasteiger partial charge >= 0.3 is 5.97 Å². The second kappa shape index (κ2) is 8.71. The van der Waals surface area contributed by atoms with Crippen molar-refractivity contribution >= 4 is 17.7 Å². The highest BCUT2D eigenvalue weighted by Crippen LogP contribution is 2.30. The van der Waals surface area contributed by atoms with Crippen LogP contribution in [0.25, 0.3) is 0 Å². The van der Waals surface area contributed by atoms with Gasteiger partial charge in [0, 0.05) is 12.1 Å². The summed E-state index contributed by atoms with van der Waals surface area (Å²) < 4.78 is 10.5. The van der Waals surface area contributed by atoms with Crippen LogP contribution in [-0.4, -0.2) is 43.3 Å². The largest absolute Gasteiger partial charge is 0.493 e. The maximum Gasteiger partial charge on any atom is 0.320 e. The molecule has 1 rings (SSSR count). The predicted octanol–water partition coefficient (Wildman–Crippen LogP) is 2.00. The second-order valence-electron chi connectivity index (χ2n) is 4.21. The SMILES string of the molecule is COc1cccc(CNC(CCSC)C(=O)O)c1OC. The average Bonchev–Trinajstić information content (AvgIpc) is 2.46. The molecule has 1 aromatic rings. The molecule has 0 saturated heterocycles. The standard InChI is InChI=1S/C14H21NO4S/c1-18-12-6-4-5-10(13(12)19-2)9-15-11(14(16)17)7-8-20-3/h4-6,11,15H,7-9H2,1-3H3,(H,16,17). The van der Waals surface area contributed by atoms with Gasteiger partial charge in [-0.15, -0.1) is 0 Å². The fourth-order valence-corrected chi connectivity index (χ4v) is 2.35. The first-order chi connectivity index (χ1) is 9.63. The van der Waals surface area contributed by atoms with E-state index >= 15 is 0 Å². The summed E-state index contributed by atoms with van der Waals surface area (Å²) in [5.74, 6) is 1.25. The summed E-state index contributed by atoms with van der Waals surface area (Å²) in [5.41, 5.74) is 0.877. The van der Waals surface area contributed by atoms with E-state index in [-0.39, 0.29) is 0 Å². The van der Waals surface area contributed by atoms with Gasteiger partial charge in [0.25, 0.3) is 0 Å². The molecule has 1 atom stereocenters. The van der Waals surface area contributed by atoms with Crippen LogP contribution in [0.1, 0.15) is 12.0 Å². The van der Waals surface area contributed by atoms with E-state index in [2.05, 4.69) is 5.32 Å². The van der Waals surface area contributed by atoms with Crippen molar-refractivity contribution < 1.29 is 19.4 Å². The molecular formula is C14H21NO4S. The Balaban J connectivity index is 2.74. The van der Waals surface area contributed by atoms with Crippen LogP contribution in [0.4, 0.5) is 0 Å². The second-order valence-corrected chi connectivity index (χ2v) is 5.19. The molecule has 112 valence electrons. The zero-order valence-corrected chi connectivity index (χ0v) is 12.8. The highest BCUT2D eigenvalue weighted by molar-refractivity contribution is 7.98.